The lowest BCUT2D eigenvalue weighted by Gasteiger charge is -2.34. The first-order valence-corrected chi connectivity index (χ1v) is 9.31. The number of rotatable bonds is 4. The maximum atomic E-state index is 12.7. The summed E-state index contributed by atoms with van der Waals surface area (Å²) in [5.74, 6) is -0.555. The van der Waals surface area contributed by atoms with Crippen LogP contribution < -0.4 is 5.76 Å². The van der Waals surface area contributed by atoms with Crippen LogP contribution in [0.4, 0.5) is 0 Å². The van der Waals surface area contributed by atoms with Crippen molar-refractivity contribution in [1.82, 2.24) is 14.4 Å². The number of halogens is 1. The highest BCUT2D eigenvalue weighted by Gasteiger charge is 2.22. The summed E-state index contributed by atoms with van der Waals surface area (Å²) in [6, 6.07) is 15.0. The Hall–Kier alpha value is -2.57. The van der Waals surface area contributed by atoms with Gasteiger partial charge in [0.05, 0.1) is 5.52 Å². The SMILES string of the molecule is O=C(Cn1c(=O)oc2ccccc21)N1CCN(Cc2ccc(Cl)cc2)CC1. The second-order valence-electron chi connectivity index (χ2n) is 6.71. The number of carbonyl (C=O) groups is 1. The standard InChI is InChI=1S/C20H20ClN3O3/c21-16-7-5-15(6-8-16)13-22-9-11-23(12-10-22)19(25)14-24-17-3-1-2-4-18(17)27-20(24)26/h1-8H,9-14H2. The molecule has 1 aliphatic heterocycles. The first-order chi connectivity index (χ1) is 13.1. The zero-order valence-corrected chi connectivity index (χ0v) is 15.6. The summed E-state index contributed by atoms with van der Waals surface area (Å²) in [5, 5.41) is 0.733. The number of aromatic nitrogens is 1. The van der Waals surface area contributed by atoms with E-state index in [2.05, 4.69) is 4.90 Å². The molecule has 2 aromatic carbocycles. The molecule has 140 valence electrons. The maximum absolute atomic E-state index is 12.7. The van der Waals surface area contributed by atoms with E-state index in [-0.39, 0.29) is 12.5 Å². The smallest absolute Gasteiger partial charge is 0.408 e. The Morgan fingerprint density at radius 2 is 1.70 bits per heavy atom. The molecule has 1 amide bonds. The van der Waals surface area contributed by atoms with Crippen molar-refractivity contribution in [1.29, 1.82) is 0 Å². The summed E-state index contributed by atoms with van der Waals surface area (Å²) in [6.07, 6.45) is 0. The third kappa shape index (κ3) is 3.91. The third-order valence-corrected chi connectivity index (χ3v) is 5.16. The van der Waals surface area contributed by atoms with Crippen LogP contribution in [0.25, 0.3) is 11.1 Å². The summed E-state index contributed by atoms with van der Waals surface area (Å²) in [6.45, 7) is 3.75. The molecule has 1 aromatic heterocycles. The Morgan fingerprint density at radius 1 is 1.00 bits per heavy atom. The molecule has 4 rings (SSSR count). The van der Waals surface area contributed by atoms with Gasteiger partial charge in [0.2, 0.25) is 5.91 Å². The summed E-state index contributed by atoms with van der Waals surface area (Å²) in [5.41, 5.74) is 2.36. The number of benzene rings is 2. The number of nitrogens with zero attached hydrogens (tertiary/aromatic N) is 3. The van der Waals surface area contributed by atoms with Crippen LogP contribution in [0.15, 0.2) is 57.7 Å². The van der Waals surface area contributed by atoms with Crippen LogP contribution in [0, 0.1) is 0 Å². The van der Waals surface area contributed by atoms with Gasteiger partial charge < -0.3 is 9.32 Å². The van der Waals surface area contributed by atoms with Gasteiger partial charge in [0.15, 0.2) is 5.58 Å². The van der Waals surface area contributed by atoms with Gasteiger partial charge in [0.1, 0.15) is 6.54 Å². The van der Waals surface area contributed by atoms with Crippen LogP contribution in [-0.4, -0.2) is 46.5 Å². The van der Waals surface area contributed by atoms with E-state index in [4.69, 9.17) is 16.0 Å². The van der Waals surface area contributed by atoms with Gasteiger partial charge in [0, 0.05) is 37.7 Å². The molecule has 1 fully saturated rings. The van der Waals surface area contributed by atoms with E-state index in [1.807, 2.05) is 35.2 Å². The summed E-state index contributed by atoms with van der Waals surface area (Å²) >= 11 is 5.93. The molecule has 0 saturated carbocycles. The number of hydrogen-bond donors (Lipinski definition) is 0. The van der Waals surface area contributed by atoms with Gasteiger partial charge in [-0.3, -0.25) is 14.3 Å². The van der Waals surface area contributed by atoms with Gasteiger partial charge in [-0.15, -0.1) is 0 Å². The van der Waals surface area contributed by atoms with E-state index in [0.717, 1.165) is 24.7 Å². The van der Waals surface area contributed by atoms with Crippen molar-refractivity contribution in [3.63, 3.8) is 0 Å². The lowest BCUT2D eigenvalue weighted by Crippen LogP contribution is -2.49. The molecule has 2 heterocycles. The molecular formula is C20H20ClN3O3. The molecule has 1 aliphatic rings. The Labute approximate surface area is 161 Å². The quantitative estimate of drug-likeness (QED) is 0.692. The monoisotopic (exact) mass is 385 g/mol. The van der Waals surface area contributed by atoms with Gasteiger partial charge in [0.25, 0.3) is 0 Å². The second kappa shape index (κ2) is 7.58. The first-order valence-electron chi connectivity index (χ1n) is 8.93. The largest absolute Gasteiger partial charge is 0.420 e. The molecule has 0 atom stereocenters. The molecule has 1 saturated heterocycles. The van der Waals surface area contributed by atoms with E-state index < -0.39 is 5.76 Å². The Morgan fingerprint density at radius 3 is 2.44 bits per heavy atom. The van der Waals surface area contributed by atoms with E-state index >= 15 is 0 Å². The van der Waals surface area contributed by atoms with Crippen molar-refractivity contribution < 1.29 is 9.21 Å². The number of amides is 1. The number of carbonyl (C=O) groups excluding carboxylic acids is 1. The molecule has 0 aliphatic carbocycles. The molecule has 6 nitrogen and oxygen atoms in total. The molecular weight excluding hydrogens is 366 g/mol. The number of hydrogen-bond acceptors (Lipinski definition) is 4. The molecule has 0 bridgehead atoms. The number of fused-ring (bicyclic) bond motifs is 1. The lowest BCUT2D eigenvalue weighted by atomic mass is 10.2. The predicted molar refractivity (Wildman–Crippen MR) is 104 cm³/mol. The molecule has 0 N–H and O–H groups in total. The zero-order valence-electron chi connectivity index (χ0n) is 14.8. The topological polar surface area (TPSA) is 58.7 Å². The highest BCUT2D eigenvalue weighted by atomic mass is 35.5. The average Bonchev–Trinajstić information content (AvgIpc) is 2.99. The average molecular weight is 386 g/mol. The van der Waals surface area contributed by atoms with Crippen molar-refractivity contribution in [3.05, 3.63) is 69.7 Å². The van der Waals surface area contributed by atoms with Crippen molar-refractivity contribution >= 4 is 28.6 Å². The molecule has 0 radical (unpaired) electrons. The van der Waals surface area contributed by atoms with Crippen molar-refractivity contribution in [2.45, 2.75) is 13.1 Å². The van der Waals surface area contributed by atoms with Crippen LogP contribution in [-0.2, 0) is 17.9 Å². The minimum atomic E-state index is -0.495. The Kier molecular flexibility index (Phi) is 5.01. The van der Waals surface area contributed by atoms with Crippen LogP contribution in [0.2, 0.25) is 5.02 Å². The predicted octanol–water partition coefficient (Wildman–Crippen LogP) is 2.59. The number of oxazole rings is 1. The fourth-order valence-electron chi connectivity index (χ4n) is 3.40. The fourth-order valence-corrected chi connectivity index (χ4v) is 3.53. The van der Waals surface area contributed by atoms with Gasteiger partial charge in [-0.05, 0) is 29.8 Å². The van der Waals surface area contributed by atoms with Crippen molar-refractivity contribution in [2.75, 3.05) is 26.2 Å². The summed E-state index contributed by atoms with van der Waals surface area (Å²) in [4.78, 5) is 28.8. The highest BCUT2D eigenvalue weighted by Crippen LogP contribution is 2.14. The van der Waals surface area contributed by atoms with Gasteiger partial charge in [-0.2, -0.15) is 0 Å². The second-order valence-corrected chi connectivity index (χ2v) is 7.14. The van der Waals surface area contributed by atoms with Crippen LogP contribution in [0.1, 0.15) is 5.56 Å². The Bertz CT molecular complexity index is 1000. The first kappa shape index (κ1) is 17.8. The van der Waals surface area contributed by atoms with Crippen LogP contribution >= 0.6 is 11.6 Å². The lowest BCUT2D eigenvalue weighted by molar-refractivity contribution is -0.133. The van der Waals surface area contributed by atoms with Crippen molar-refractivity contribution in [3.8, 4) is 0 Å². The maximum Gasteiger partial charge on any atom is 0.420 e. The van der Waals surface area contributed by atoms with Crippen molar-refractivity contribution in [2.24, 2.45) is 0 Å². The molecule has 3 aromatic rings. The summed E-state index contributed by atoms with van der Waals surface area (Å²) in [7, 11) is 0. The van der Waals surface area contributed by atoms with E-state index in [9.17, 15) is 9.59 Å². The fraction of sp³-hybridized carbons (Fsp3) is 0.300. The normalized spacial score (nSPS) is 15.4. The molecule has 0 unspecified atom stereocenters. The minimum absolute atomic E-state index is 0.00698. The Balaban J connectivity index is 1.36. The molecule has 7 heteroatoms. The molecule has 0 spiro atoms. The minimum Gasteiger partial charge on any atom is -0.408 e. The number of piperazine rings is 1. The van der Waals surface area contributed by atoms with E-state index in [0.29, 0.717) is 24.2 Å². The van der Waals surface area contributed by atoms with E-state index in [1.54, 1.807) is 18.2 Å². The van der Waals surface area contributed by atoms with Gasteiger partial charge in [-0.25, -0.2) is 4.79 Å². The van der Waals surface area contributed by atoms with Gasteiger partial charge >= 0.3 is 5.76 Å². The van der Waals surface area contributed by atoms with Crippen LogP contribution in [0.5, 0.6) is 0 Å². The third-order valence-electron chi connectivity index (χ3n) is 4.91. The van der Waals surface area contributed by atoms with Crippen LogP contribution in [0.3, 0.4) is 0 Å². The highest BCUT2D eigenvalue weighted by molar-refractivity contribution is 6.30. The summed E-state index contributed by atoms with van der Waals surface area (Å²) < 4.78 is 6.60. The van der Waals surface area contributed by atoms with E-state index in [1.165, 1.54) is 10.1 Å². The van der Waals surface area contributed by atoms with Gasteiger partial charge in [-0.1, -0.05) is 35.9 Å². The molecule has 27 heavy (non-hydrogen) atoms. The zero-order chi connectivity index (χ0) is 18.8. The number of para-hydroxylation sites is 2.